The summed E-state index contributed by atoms with van der Waals surface area (Å²) in [4.78, 5) is 0. The fourth-order valence-electron chi connectivity index (χ4n) is 1.02. The molecule has 0 spiro atoms. The third kappa shape index (κ3) is 1.85. The van der Waals surface area contributed by atoms with E-state index >= 15 is 0 Å². The third-order valence-electron chi connectivity index (χ3n) is 1.62. The molecule has 8 heavy (non-hydrogen) atoms. The summed E-state index contributed by atoms with van der Waals surface area (Å²) in [5.74, 6) is 0. The molecular weight excluding hydrogens is 283 g/mol. The Kier molecular flexibility index (Phi) is 3.87. The first-order valence-corrected chi connectivity index (χ1v) is 2.82. The second-order valence-corrected chi connectivity index (χ2v) is 2.26. The van der Waals surface area contributed by atoms with Crippen LogP contribution in [0.2, 0.25) is 0 Å². The fourth-order valence-corrected chi connectivity index (χ4v) is 1.02. The van der Waals surface area contributed by atoms with Gasteiger partial charge in [-0.25, -0.2) is 0 Å². The average Bonchev–Trinajstić information content (AvgIpc) is 1.91. The Balaban J connectivity index is 0.000000490. The number of rotatable bonds is 0. The Hall–Kier alpha value is 0.608. The molecule has 0 aromatic heterocycles. The minimum atomic E-state index is 0. The van der Waals surface area contributed by atoms with Gasteiger partial charge in [0.25, 0.3) is 0 Å². The molecule has 0 bridgehead atoms. The van der Waals surface area contributed by atoms with Crippen molar-refractivity contribution in [3.8, 4) is 0 Å². The molecule has 52 valence electrons. The summed E-state index contributed by atoms with van der Waals surface area (Å²) in [7, 11) is 0. The molecule has 0 heterocycles. The molecule has 2 nitrogen and oxygen atoms in total. The largest absolute Gasteiger partial charge is 0.326 e. The van der Waals surface area contributed by atoms with Crippen molar-refractivity contribution in [2.45, 2.75) is 31.3 Å². The van der Waals surface area contributed by atoms with E-state index in [0.29, 0.717) is 12.1 Å². The normalized spacial score (nSPS) is 36.8. The van der Waals surface area contributed by atoms with E-state index in [1.807, 2.05) is 0 Å². The van der Waals surface area contributed by atoms with Crippen LogP contribution in [0.1, 0.15) is 19.3 Å². The minimum Gasteiger partial charge on any atom is -0.326 e. The van der Waals surface area contributed by atoms with Crippen LogP contribution >= 0.6 is 0 Å². The van der Waals surface area contributed by atoms with E-state index < -0.39 is 0 Å². The molecule has 0 radical (unpaired) electrons. The topological polar surface area (TPSA) is 52.0 Å². The third-order valence-corrected chi connectivity index (χ3v) is 1.62. The van der Waals surface area contributed by atoms with Crippen molar-refractivity contribution in [1.29, 1.82) is 0 Å². The Morgan fingerprint density at radius 3 is 1.50 bits per heavy atom. The van der Waals surface area contributed by atoms with Gasteiger partial charge in [0.15, 0.2) is 0 Å². The number of nitrogens with two attached hydrogens (primary N) is 2. The first-order chi connectivity index (χ1) is 3.30. The van der Waals surface area contributed by atoms with Gasteiger partial charge in [0.1, 0.15) is 0 Å². The van der Waals surface area contributed by atoms with Crippen molar-refractivity contribution < 1.29 is 21.1 Å². The maximum atomic E-state index is 5.55. The molecule has 2 unspecified atom stereocenters. The molecule has 2 atom stereocenters. The van der Waals surface area contributed by atoms with Crippen LogP contribution in [0.4, 0.5) is 0 Å². The minimum absolute atomic E-state index is 0. The van der Waals surface area contributed by atoms with E-state index in [1.165, 1.54) is 6.42 Å². The molecular formula is C5H12N2Pt. The molecule has 0 aliphatic heterocycles. The summed E-state index contributed by atoms with van der Waals surface area (Å²) < 4.78 is 0. The SMILES string of the molecule is NC1CCCC1N.[Pt]. The van der Waals surface area contributed by atoms with Crippen LogP contribution in [-0.2, 0) is 21.1 Å². The second-order valence-electron chi connectivity index (χ2n) is 2.26. The Labute approximate surface area is 64.3 Å². The van der Waals surface area contributed by atoms with Crippen LogP contribution in [0.15, 0.2) is 0 Å². The standard InChI is InChI=1S/C5H12N2.Pt/c6-4-2-1-3-5(4)7;/h4-5H,1-3,6-7H2;. The number of hydrogen-bond acceptors (Lipinski definition) is 2. The van der Waals surface area contributed by atoms with Gasteiger partial charge in [-0.05, 0) is 12.8 Å². The van der Waals surface area contributed by atoms with Crippen LogP contribution in [-0.4, -0.2) is 12.1 Å². The van der Waals surface area contributed by atoms with Gasteiger partial charge in [-0.1, -0.05) is 6.42 Å². The summed E-state index contributed by atoms with van der Waals surface area (Å²) in [5.41, 5.74) is 11.1. The summed E-state index contributed by atoms with van der Waals surface area (Å²) in [5, 5.41) is 0. The first kappa shape index (κ1) is 8.61. The molecule has 4 N–H and O–H groups in total. The van der Waals surface area contributed by atoms with Gasteiger partial charge in [-0.3, -0.25) is 0 Å². The average molecular weight is 295 g/mol. The summed E-state index contributed by atoms with van der Waals surface area (Å²) in [6.07, 6.45) is 3.48. The molecule has 1 saturated carbocycles. The van der Waals surface area contributed by atoms with E-state index in [4.69, 9.17) is 11.5 Å². The van der Waals surface area contributed by atoms with Gasteiger partial charge in [0.2, 0.25) is 0 Å². The predicted octanol–water partition coefficient (Wildman–Crippen LogP) is -0.178. The molecule has 0 saturated heterocycles. The summed E-state index contributed by atoms with van der Waals surface area (Å²) in [6, 6.07) is 0.583. The Bertz CT molecular complexity index is 59.4. The van der Waals surface area contributed by atoms with Crippen LogP contribution in [0.3, 0.4) is 0 Å². The van der Waals surface area contributed by atoms with Crippen LogP contribution in [0.25, 0.3) is 0 Å². The molecule has 0 aromatic rings. The molecule has 1 aliphatic rings. The van der Waals surface area contributed by atoms with E-state index in [9.17, 15) is 0 Å². The number of hydrogen-bond donors (Lipinski definition) is 2. The molecule has 1 aliphatic carbocycles. The van der Waals surface area contributed by atoms with Crippen molar-refractivity contribution in [2.24, 2.45) is 11.5 Å². The van der Waals surface area contributed by atoms with E-state index in [2.05, 4.69) is 0 Å². The van der Waals surface area contributed by atoms with Crippen LogP contribution < -0.4 is 11.5 Å². The zero-order valence-corrected chi connectivity index (χ0v) is 7.02. The summed E-state index contributed by atoms with van der Waals surface area (Å²) >= 11 is 0. The van der Waals surface area contributed by atoms with Gasteiger partial charge in [-0.15, -0.1) is 0 Å². The first-order valence-electron chi connectivity index (χ1n) is 2.82. The van der Waals surface area contributed by atoms with E-state index in [-0.39, 0.29) is 21.1 Å². The molecule has 0 amide bonds. The molecule has 1 fully saturated rings. The van der Waals surface area contributed by atoms with Crippen molar-refractivity contribution in [3.05, 3.63) is 0 Å². The Morgan fingerprint density at radius 2 is 1.38 bits per heavy atom. The quantitative estimate of drug-likeness (QED) is 0.651. The summed E-state index contributed by atoms with van der Waals surface area (Å²) in [6.45, 7) is 0. The predicted molar refractivity (Wildman–Crippen MR) is 29.8 cm³/mol. The van der Waals surface area contributed by atoms with Crippen LogP contribution in [0.5, 0.6) is 0 Å². The van der Waals surface area contributed by atoms with Crippen molar-refractivity contribution in [2.75, 3.05) is 0 Å². The van der Waals surface area contributed by atoms with Crippen molar-refractivity contribution in [3.63, 3.8) is 0 Å². The monoisotopic (exact) mass is 295 g/mol. The van der Waals surface area contributed by atoms with E-state index in [1.54, 1.807) is 0 Å². The van der Waals surface area contributed by atoms with Gasteiger partial charge in [0.05, 0.1) is 0 Å². The van der Waals surface area contributed by atoms with Crippen molar-refractivity contribution in [1.82, 2.24) is 0 Å². The van der Waals surface area contributed by atoms with Gasteiger partial charge in [-0.2, -0.15) is 0 Å². The van der Waals surface area contributed by atoms with Gasteiger partial charge in [0, 0.05) is 33.1 Å². The molecule has 1 rings (SSSR count). The van der Waals surface area contributed by atoms with Crippen LogP contribution in [0, 0.1) is 0 Å². The van der Waals surface area contributed by atoms with E-state index in [0.717, 1.165) is 12.8 Å². The van der Waals surface area contributed by atoms with Gasteiger partial charge >= 0.3 is 0 Å². The zero-order chi connectivity index (χ0) is 5.28. The molecule has 3 heteroatoms. The zero-order valence-electron chi connectivity index (χ0n) is 4.75. The second kappa shape index (κ2) is 3.60. The van der Waals surface area contributed by atoms with Gasteiger partial charge < -0.3 is 11.5 Å². The fraction of sp³-hybridized carbons (Fsp3) is 1.00. The Morgan fingerprint density at radius 1 is 1.00 bits per heavy atom. The van der Waals surface area contributed by atoms with Crippen molar-refractivity contribution >= 4 is 0 Å². The molecule has 0 aromatic carbocycles. The maximum absolute atomic E-state index is 5.55. The maximum Gasteiger partial charge on any atom is 0.0192 e. The smallest absolute Gasteiger partial charge is 0.0192 e.